The second-order valence-corrected chi connectivity index (χ2v) is 2.69. The van der Waals surface area contributed by atoms with Crippen molar-refractivity contribution in [2.24, 2.45) is 0 Å². The highest BCUT2D eigenvalue weighted by molar-refractivity contribution is 5.74. The van der Waals surface area contributed by atoms with E-state index < -0.39 is 12.1 Å². The number of aliphatic carboxylic acids is 1. The lowest BCUT2D eigenvalue weighted by atomic mass is 10.1. The number of carboxylic acids is 1. The first-order valence-corrected chi connectivity index (χ1v) is 3.83. The second kappa shape index (κ2) is 4.00. The Morgan fingerprint density at radius 3 is 2.69 bits per heavy atom. The molecule has 1 N–H and O–H groups in total. The SMILES string of the molecule is COC(C(=O)O)c1ccc(C)nc1. The maximum Gasteiger partial charge on any atom is 0.337 e. The molecule has 0 aliphatic rings. The van der Waals surface area contributed by atoms with Crippen LogP contribution in [0.2, 0.25) is 0 Å². The Bertz CT molecular complexity index is 294. The molecule has 4 heteroatoms. The average Bonchev–Trinajstić information content (AvgIpc) is 2.09. The van der Waals surface area contributed by atoms with E-state index in [4.69, 9.17) is 9.84 Å². The van der Waals surface area contributed by atoms with Crippen LogP contribution in [-0.4, -0.2) is 23.2 Å². The summed E-state index contributed by atoms with van der Waals surface area (Å²) in [6.45, 7) is 1.84. The molecule has 0 aliphatic carbocycles. The van der Waals surface area contributed by atoms with E-state index in [1.165, 1.54) is 13.3 Å². The van der Waals surface area contributed by atoms with Crippen LogP contribution in [-0.2, 0) is 9.53 Å². The molecule has 0 spiro atoms. The van der Waals surface area contributed by atoms with Gasteiger partial charge in [-0.15, -0.1) is 0 Å². The van der Waals surface area contributed by atoms with Crippen molar-refractivity contribution in [3.05, 3.63) is 29.6 Å². The number of carboxylic acid groups (broad SMARTS) is 1. The van der Waals surface area contributed by atoms with E-state index in [0.717, 1.165) is 5.69 Å². The Balaban J connectivity index is 2.92. The van der Waals surface area contributed by atoms with E-state index in [0.29, 0.717) is 5.56 Å². The Labute approximate surface area is 76.2 Å². The number of hydrogen-bond donors (Lipinski definition) is 1. The van der Waals surface area contributed by atoms with Crippen LogP contribution >= 0.6 is 0 Å². The van der Waals surface area contributed by atoms with Gasteiger partial charge in [0.1, 0.15) is 0 Å². The first-order chi connectivity index (χ1) is 6.15. The lowest BCUT2D eigenvalue weighted by molar-refractivity contribution is -0.148. The lowest BCUT2D eigenvalue weighted by Crippen LogP contribution is -2.13. The number of carbonyl (C=O) groups is 1. The monoisotopic (exact) mass is 181 g/mol. The molecule has 0 bridgehead atoms. The molecule has 0 amide bonds. The van der Waals surface area contributed by atoms with Crippen molar-refractivity contribution in [1.82, 2.24) is 4.98 Å². The molecule has 0 saturated heterocycles. The third-order valence-corrected chi connectivity index (χ3v) is 1.70. The summed E-state index contributed by atoms with van der Waals surface area (Å²) in [6.07, 6.45) is 0.588. The molecule has 1 aromatic heterocycles. The summed E-state index contributed by atoms with van der Waals surface area (Å²) in [6, 6.07) is 3.45. The topological polar surface area (TPSA) is 59.4 Å². The molecular formula is C9H11NO3. The van der Waals surface area contributed by atoms with Crippen LogP contribution in [0, 0.1) is 6.92 Å². The molecule has 0 saturated carbocycles. The van der Waals surface area contributed by atoms with Crippen molar-refractivity contribution in [3.8, 4) is 0 Å². The molecule has 4 nitrogen and oxygen atoms in total. The number of hydrogen-bond acceptors (Lipinski definition) is 3. The number of aryl methyl sites for hydroxylation is 1. The van der Waals surface area contributed by atoms with E-state index in [-0.39, 0.29) is 0 Å². The van der Waals surface area contributed by atoms with Crippen molar-refractivity contribution in [3.63, 3.8) is 0 Å². The van der Waals surface area contributed by atoms with Gasteiger partial charge in [0.2, 0.25) is 0 Å². The van der Waals surface area contributed by atoms with Gasteiger partial charge < -0.3 is 9.84 Å². The molecule has 0 aliphatic heterocycles. The van der Waals surface area contributed by atoms with Gasteiger partial charge in [0.25, 0.3) is 0 Å². The molecule has 1 rings (SSSR count). The van der Waals surface area contributed by atoms with E-state index >= 15 is 0 Å². The van der Waals surface area contributed by atoms with Crippen molar-refractivity contribution in [2.75, 3.05) is 7.11 Å². The number of aromatic nitrogens is 1. The Kier molecular flexibility index (Phi) is 2.97. The summed E-state index contributed by atoms with van der Waals surface area (Å²) >= 11 is 0. The largest absolute Gasteiger partial charge is 0.479 e. The highest BCUT2D eigenvalue weighted by Gasteiger charge is 2.18. The minimum absolute atomic E-state index is 0.556. The van der Waals surface area contributed by atoms with Crippen LogP contribution in [0.25, 0.3) is 0 Å². The highest BCUT2D eigenvalue weighted by atomic mass is 16.5. The van der Waals surface area contributed by atoms with Gasteiger partial charge in [0.05, 0.1) is 0 Å². The summed E-state index contributed by atoms with van der Waals surface area (Å²) in [4.78, 5) is 14.7. The maximum atomic E-state index is 10.7. The molecule has 0 radical (unpaired) electrons. The van der Waals surface area contributed by atoms with Crippen molar-refractivity contribution in [2.45, 2.75) is 13.0 Å². The van der Waals surface area contributed by atoms with Crippen LogP contribution in [0.5, 0.6) is 0 Å². The zero-order valence-electron chi connectivity index (χ0n) is 7.52. The van der Waals surface area contributed by atoms with Crippen molar-refractivity contribution < 1.29 is 14.6 Å². The molecule has 0 fully saturated rings. The van der Waals surface area contributed by atoms with Gasteiger partial charge in [-0.2, -0.15) is 0 Å². The molecule has 1 aromatic rings. The van der Waals surface area contributed by atoms with Crippen LogP contribution in [0.15, 0.2) is 18.3 Å². The third-order valence-electron chi connectivity index (χ3n) is 1.70. The number of methoxy groups -OCH3 is 1. The number of pyridine rings is 1. The average molecular weight is 181 g/mol. The lowest BCUT2D eigenvalue weighted by Gasteiger charge is -2.09. The quantitative estimate of drug-likeness (QED) is 0.760. The first kappa shape index (κ1) is 9.67. The van der Waals surface area contributed by atoms with Gasteiger partial charge >= 0.3 is 5.97 Å². The Hall–Kier alpha value is -1.42. The van der Waals surface area contributed by atoms with E-state index in [1.54, 1.807) is 12.1 Å². The number of nitrogens with zero attached hydrogens (tertiary/aromatic N) is 1. The van der Waals surface area contributed by atoms with E-state index in [9.17, 15) is 4.79 Å². The molecule has 1 heterocycles. The Morgan fingerprint density at radius 2 is 2.31 bits per heavy atom. The zero-order chi connectivity index (χ0) is 9.84. The van der Waals surface area contributed by atoms with Crippen LogP contribution < -0.4 is 0 Å². The molecule has 1 atom stereocenters. The first-order valence-electron chi connectivity index (χ1n) is 3.83. The van der Waals surface area contributed by atoms with Crippen LogP contribution in [0.4, 0.5) is 0 Å². The van der Waals surface area contributed by atoms with Gasteiger partial charge in [-0.1, -0.05) is 6.07 Å². The van der Waals surface area contributed by atoms with Crippen molar-refractivity contribution in [1.29, 1.82) is 0 Å². The van der Waals surface area contributed by atoms with Gasteiger partial charge in [0.15, 0.2) is 6.10 Å². The van der Waals surface area contributed by atoms with Crippen molar-refractivity contribution >= 4 is 5.97 Å². The molecular weight excluding hydrogens is 170 g/mol. The third kappa shape index (κ3) is 2.26. The van der Waals surface area contributed by atoms with E-state index in [2.05, 4.69) is 4.98 Å². The summed E-state index contributed by atoms with van der Waals surface area (Å²) in [7, 11) is 1.36. The van der Waals surface area contributed by atoms with Gasteiger partial charge in [-0.05, 0) is 13.0 Å². The fourth-order valence-corrected chi connectivity index (χ4v) is 1.01. The predicted octanol–water partition coefficient (Wildman–Crippen LogP) is 1.16. The summed E-state index contributed by atoms with van der Waals surface area (Å²) in [5.74, 6) is -1.01. The summed E-state index contributed by atoms with van der Waals surface area (Å²) < 4.78 is 4.80. The number of rotatable bonds is 3. The molecule has 1 unspecified atom stereocenters. The zero-order valence-corrected chi connectivity index (χ0v) is 7.52. The highest BCUT2D eigenvalue weighted by Crippen LogP contribution is 2.15. The minimum Gasteiger partial charge on any atom is -0.479 e. The van der Waals surface area contributed by atoms with Gasteiger partial charge in [-0.25, -0.2) is 4.79 Å². The van der Waals surface area contributed by atoms with Crippen LogP contribution in [0.1, 0.15) is 17.4 Å². The molecule has 70 valence electrons. The van der Waals surface area contributed by atoms with Crippen LogP contribution in [0.3, 0.4) is 0 Å². The number of ether oxygens (including phenoxy) is 1. The second-order valence-electron chi connectivity index (χ2n) is 2.69. The van der Waals surface area contributed by atoms with Gasteiger partial charge in [0, 0.05) is 24.6 Å². The summed E-state index contributed by atoms with van der Waals surface area (Å²) in [5, 5.41) is 8.74. The summed E-state index contributed by atoms with van der Waals surface area (Å²) in [5.41, 5.74) is 1.41. The maximum absolute atomic E-state index is 10.7. The fraction of sp³-hybridized carbons (Fsp3) is 0.333. The predicted molar refractivity (Wildman–Crippen MR) is 46.4 cm³/mol. The van der Waals surface area contributed by atoms with Gasteiger partial charge in [-0.3, -0.25) is 4.98 Å². The molecule has 0 aromatic carbocycles. The smallest absolute Gasteiger partial charge is 0.337 e. The molecule has 13 heavy (non-hydrogen) atoms. The standard InChI is InChI=1S/C9H11NO3/c1-6-3-4-7(5-10-6)8(13-2)9(11)12/h3-5,8H,1-2H3,(H,11,12). The fourth-order valence-electron chi connectivity index (χ4n) is 1.01. The minimum atomic E-state index is -1.01. The normalized spacial score (nSPS) is 12.5. The Morgan fingerprint density at radius 1 is 1.62 bits per heavy atom. The van der Waals surface area contributed by atoms with E-state index in [1.807, 2.05) is 6.92 Å².